The average Bonchev–Trinajstić information content (AvgIpc) is 2.80. The van der Waals surface area contributed by atoms with Gasteiger partial charge in [-0.05, 0) is 99.9 Å². The lowest BCUT2D eigenvalue weighted by molar-refractivity contribution is -0.237. The molecule has 0 bridgehead atoms. The molecule has 2 nitrogen and oxygen atoms in total. The maximum Gasteiger partial charge on any atom is 0.442 e. The van der Waals surface area contributed by atoms with Gasteiger partial charge >= 0.3 is 6.18 Å². The number of allylic oxidation sites excluding steroid dienone is 2. The summed E-state index contributed by atoms with van der Waals surface area (Å²) in [7, 11) is 0. The van der Waals surface area contributed by atoms with Crippen LogP contribution in [0.2, 0.25) is 0 Å². The molecule has 0 N–H and O–H groups in total. The zero-order valence-electron chi connectivity index (χ0n) is 19.4. The molecule has 6 heteroatoms. The summed E-state index contributed by atoms with van der Waals surface area (Å²) in [5.41, 5.74) is 0. The molecule has 0 amide bonds. The van der Waals surface area contributed by atoms with E-state index in [9.17, 15) is 17.6 Å². The van der Waals surface area contributed by atoms with Crippen LogP contribution in [0.5, 0.6) is 0 Å². The van der Waals surface area contributed by atoms with Crippen LogP contribution in [-0.4, -0.2) is 25.7 Å². The SMILES string of the molecule is CC1CCC(C2CCC(C3COC(C4CCC(C=C(F)C(F)(F)F)CC4)OC3)CC2)CC1. The monoisotopic (exact) mass is 460 g/mol. The van der Waals surface area contributed by atoms with E-state index in [2.05, 4.69) is 6.92 Å². The second-order valence-electron chi connectivity index (χ2n) is 11.2. The number of ether oxygens (including phenoxy) is 2. The first-order valence-electron chi connectivity index (χ1n) is 13.0. The summed E-state index contributed by atoms with van der Waals surface area (Å²) >= 11 is 0. The molecule has 3 saturated carbocycles. The van der Waals surface area contributed by atoms with Crippen LogP contribution in [0.1, 0.15) is 84.0 Å². The third-order valence-electron chi connectivity index (χ3n) is 9.01. The van der Waals surface area contributed by atoms with E-state index in [1.807, 2.05) is 0 Å². The van der Waals surface area contributed by atoms with Crippen molar-refractivity contribution < 1.29 is 27.0 Å². The van der Waals surface area contributed by atoms with E-state index in [1.165, 1.54) is 51.4 Å². The minimum atomic E-state index is -4.87. The maximum atomic E-state index is 13.2. The van der Waals surface area contributed by atoms with Crippen molar-refractivity contribution in [3.05, 3.63) is 11.9 Å². The van der Waals surface area contributed by atoms with Crippen molar-refractivity contribution in [2.75, 3.05) is 13.2 Å². The molecule has 0 atom stereocenters. The smallest absolute Gasteiger partial charge is 0.352 e. The van der Waals surface area contributed by atoms with Gasteiger partial charge in [0, 0.05) is 11.8 Å². The Labute approximate surface area is 190 Å². The van der Waals surface area contributed by atoms with Gasteiger partial charge in [0.25, 0.3) is 0 Å². The Morgan fingerprint density at radius 1 is 0.656 bits per heavy atom. The van der Waals surface area contributed by atoms with Crippen LogP contribution >= 0.6 is 0 Å². The minimum Gasteiger partial charge on any atom is -0.352 e. The van der Waals surface area contributed by atoms with Crippen LogP contribution in [-0.2, 0) is 9.47 Å². The van der Waals surface area contributed by atoms with E-state index in [1.54, 1.807) is 0 Å². The summed E-state index contributed by atoms with van der Waals surface area (Å²) in [5.74, 6) is 1.86. The first-order valence-corrected chi connectivity index (χ1v) is 13.0. The fourth-order valence-corrected chi connectivity index (χ4v) is 6.81. The van der Waals surface area contributed by atoms with Gasteiger partial charge in [-0.25, -0.2) is 4.39 Å². The van der Waals surface area contributed by atoms with Crippen LogP contribution in [0.25, 0.3) is 0 Å². The highest BCUT2D eigenvalue weighted by molar-refractivity contribution is 5.03. The molecule has 0 aromatic rings. The third kappa shape index (κ3) is 6.28. The first kappa shape index (κ1) is 24.5. The van der Waals surface area contributed by atoms with Gasteiger partial charge in [-0.15, -0.1) is 0 Å². The summed E-state index contributed by atoms with van der Waals surface area (Å²) in [5, 5.41) is 0. The Hall–Kier alpha value is -0.620. The average molecular weight is 461 g/mol. The molecular formula is C26H40F4O2. The Kier molecular flexibility index (Phi) is 8.23. The van der Waals surface area contributed by atoms with Crippen molar-refractivity contribution in [3.8, 4) is 0 Å². The Bertz CT molecular complexity index is 602. The number of rotatable bonds is 4. The van der Waals surface area contributed by atoms with Gasteiger partial charge in [-0.3, -0.25) is 0 Å². The third-order valence-corrected chi connectivity index (χ3v) is 9.01. The molecule has 0 aromatic carbocycles. The van der Waals surface area contributed by atoms with Crippen molar-refractivity contribution in [2.24, 2.45) is 41.4 Å². The van der Waals surface area contributed by atoms with Crippen LogP contribution in [0.3, 0.4) is 0 Å². The molecule has 4 fully saturated rings. The molecule has 4 rings (SSSR count). The molecule has 0 aromatic heterocycles. The lowest BCUT2D eigenvalue weighted by atomic mass is 9.67. The summed E-state index contributed by atoms with van der Waals surface area (Å²) < 4.78 is 62.7. The molecule has 32 heavy (non-hydrogen) atoms. The molecule has 0 spiro atoms. The van der Waals surface area contributed by atoms with Crippen molar-refractivity contribution in [2.45, 2.75) is 96.4 Å². The van der Waals surface area contributed by atoms with Gasteiger partial charge in [0.15, 0.2) is 12.1 Å². The fraction of sp³-hybridized carbons (Fsp3) is 0.923. The Morgan fingerprint density at radius 2 is 1.09 bits per heavy atom. The number of hydrogen-bond acceptors (Lipinski definition) is 2. The lowest BCUT2D eigenvalue weighted by Crippen LogP contribution is -2.41. The fourth-order valence-electron chi connectivity index (χ4n) is 6.81. The van der Waals surface area contributed by atoms with Gasteiger partial charge in [0.2, 0.25) is 0 Å². The molecule has 3 aliphatic carbocycles. The summed E-state index contributed by atoms with van der Waals surface area (Å²) in [6.45, 7) is 3.87. The molecular weight excluding hydrogens is 420 g/mol. The quantitative estimate of drug-likeness (QED) is 0.398. The Morgan fingerprint density at radius 3 is 1.59 bits per heavy atom. The highest BCUT2D eigenvalue weighted by atomic mass is 19.4. The molecule has 1 aliphatic heterocycles. The standard InChI is InChI=1S/C26H40F4O2/c1-17-2-6-19(7-3-17)20-10-12-21(13-11-20)23-15-31-25(32-16-23)22-8-4-18(5-9-22)14-24(27)26(28,29)30/h14,17-23,25H,2-13,15-16H2,1H3. The number of hydrogen-bond donors (Lipinski definition) is 0. The zero-order chi connectivity index (χ0) is 22.7. The van der Waals surface area contributed by atoms with Crippen LogP contribution in [0, 0.1) is 41.4 Å². The van der Waals surface area contributed by atoms with Crippen molar-refractivity contribution in [1.82, 2.24) is 0 Å². The topological polar surface area (TPSA) is 18.5 Å². The highest BCUT2D eigenvalue weighted by Crippen LogP contribution is 2.44. The van der Waals surface area contributed by atoms with Gasteiger partial charge < -0.3 is 9.47 Å². The number of halogens is 4. The van der Waals surface area contributed by atoms with Crippen molar-refractivity contribution in [3.63, 3.8) is 0 Å². The van der Waals surface area contributed by atoms with E-state index in [0.717, 1.165) is 49.9 Å². The summed E-state index contributed by atoms with van der Waals surface area (Å²) in [6, 6.07) is 0. The van der Waals surface area contributed by atoms with E-state index in [4.69, 9.17) is 9.47 Å². The largest absolute Gasteiger partial charge is 0.442 e. The van der Waals surface area contributed by atoms with E-state index < -0.39 is 12.0 Å². The zero-order valence-corrected chi connectivity index (χ0v) is 19.4. The van der Waals surface area contributed by atoms with Gasteiger partial charge in [-0.1, -0.05) is 19.8 Å². The maximum absolute atomic E-state index is 13.2. The predicted molar refractivity (Wildman–Crippen MR) is 116 cm³/mol. The van der Waals surface area contributed by atoms with Gasteiger partial charge in [0.05, 0.1) is 13.2 Å². The van der Waals surface area contributed by atoms with Crippen LogP contribution < -0.4 is 0 Å². The van der Waals surface area contributed by atoms with Crippen LogP contribution in [0.4, 0.5) is 17.6 Å². The molecule has 1 saturated heterocycles. The summed E-state index contributed by atoms with van der Waals surface area (Å²) in [6.07, 6.45) is 9.20. The number of alkyl halides is 3. The Balaban J connectivity index is 1.16. The van der Waals surface area contributed by atoms with E-state index in [0.29, 0.717) is 24.7 Å². The van der Waals surface area contributed by atoms with E-state index in [-0.39, 0.29) is 18.1 Å². The summed E-state index contributed by atoms with van der Waals surface area (Å²) in [4.78, 5) is 0. The molecule has 184 valence electrons. The normalized spacial score (nSPS) is 42.6. The minimum absolute atomic E-state index is 0.207. The lowest BCUT2D eigenvalue weighted by Gasteiger charge is -2.42. The van der Waals surface area contributed by atoms with Crippen molar-refractivity contribution in [1.29, 1.82) is 0 Å². The predicted octanol–water partition coefficient (Wildman–Crippen LogP) is 7.83. The molecule has 1 heterocycles. The van der Waals surface area contributed by atoms with Crippen molar-refractivity contribution >= 4 is 0 Å². The highest BCUT2D eigenvalue weighted by Gasteiger charge is 2.39. The van der Waals surface area contributed by atoms with E-state index >= 15 is 0 Å². The molecule has 0 radical (unpaired) electrons. The van der Waals surface area contributed by atoms with Crippen LogP contribution in [0.15, 0.2) is 11.9 Å². The molecule has 4 aliphatic rings. The van der Waals surface area contributed by atoms with Gasteiger partial charge in [0.1, 0.15) is 0 Å². The molecule has 0 unspecified atom stereocenters. The second kappa shape index (κ2) is 10.8. The second-order valence-corrected chi connectivity index (χ2v) is 11.2. The van der Waals surface area contributed by atoms with Gasteiger partial charge in [-0.2, -0.15) is 13.2 Å². The first-order chi connectivity index (χ1) is 15.3.